The first-order valence-electron chi connectivity index (χ1n) is 11.2. The van der Waals surface area contributed by atoms with Crippen LogP contribution >= 0.6 is 0 Å². The molecule has 0 atom stereocenters. The van der Waals surface area contributed by atoms with Gasteiger partial charge in [-0.25, -0.2) is 8.42 Å². The third-order valence-corrected chi connectivity index (χ3v) is 7.65. The monoisotopic (exact) mass is 490 g/mol. The van der Waals surface area contributed by atoms with Crippen LogP contribution in [0.3, 0.4) is 0 Å². The SMILES string of the molecule is C.O=C(Nc1ccccc1)c1ccc(NCCN2CCOCC2)c(S(=O)(=O)N2CCOCC2)c1. The van der Waals surface area contributed by atoms with Gasteiger partial charge in [0.15, 0.2) is 0 Å². The summed E-state index contributed by atoms with van der Waals surface area (Å²) in [7, 11) is -3.80. The van der Waals surface area contributed by atoms with Crippen LogP contribution in [0.5, 0.6) is 0 Å². The highest BCUT2D eigenvalue weighted by molar-refractivity contribution is 7.89. The number of carbonyl (C=O) groups excluding carboxylic acids is 1. The van der Waals surface area contributed by atoms with E-state index in [1.807, 2.05) is 18.2 Å². The van der Waals surface area contributed by atoms with Gasteiger partial charge in [-0.2, -0.15) is 4.31 Å². The first kappa shape index (κ1) is 26.1. The first-order chi connectivity index (χ1) is 16.0. The van der Waals surface area contributed by atoms with E-state index in [0.29, 0.717) is 44.3 Å². The third kappa shape index (κ3) is 6.55. The summed E-state index contributed by atoms with van der Waals surface area (Å²) < 4.78 is 39.1. The molecule has 2 N–H and O–H groups in total. The van der Waals surface area contributed by atoms with Gasteiger partial charge in [-0.3, -0.25) is 9.69 Å². The molecule has 34 heavy (non-hydrogen) atoms. The molecule has 2 heterocycles. The molecule has 2 saturated heterocycles. The summed E-state index contributed by atoms with van der Waals surface area (Å²) in [4.78, 5) is 15.2. The molecule has 0 aliphatic carbocycles. The number of nitrogens with zero attached hydrogens (tertiary/aromatic N) is 2. The van der Waals surface area contributed by atoms with E-state index >= 15 is 0 Å². The van der Waals surface area contributed by atoms with Crippen molar-refractivity contribution >= 4 is 27.3 Å². The Kier molecular flexibility index (Phi) is 9.43. The van der Waals surface area contributed by atoms with Crippen LogP contribution in [0.1, 0.15) is 17.8 Å². The van der Waals surface area contributed by atoms with Gasteiger partial charge in [0.2, 0.25) is 10.0 Å². The molecule has 0 bridgehead atoms. The predicted molar refractivity (Wildman–Crippen MR) is 133 cm³/mol. The average molecular weight is 491 g/mol. The smallest absolute Gasteiger partial charge is 0.255 e. The second-order valence-corrected chi connectivity index (χ2v) is 9.83. The maximum Gasteiger partial charge on any atom is 0.255 e. The van der Waals surface area contributed by atoms with Gasteiger partial charge in [0, 0.05) is 50.5 Å². The van der Waals surface area contributed by atoms with Crippen LogP contribution in [0.25, 0.3) is 0 Å². The average Bonchev–Trinajstić information content (AvgIpc) is 2.86. The van der Waals surface area contributed by atoms with E-state index in [0.717, 1.165) is 19.6 Å². The summed E-state index contributed by atoms with van der Waals surface area (Å²) in [6, 6.07) is 13.9. The molecule has 1 amide bonds. The van der Waals surface area contributed by atoms with Crippen molar-refractivity contribution in [3.05, 3.63) is 54.1 Å². The lowest BCUT2D eigenvalue weighted by Gasteiger charge is -2.28. The number of carbonyl (C=O) groups is 1. The van der Waals surface area contributed by atoms with Crippen molar-refractivity contribution in [1.29, 1.82) is 0 Å². The number of hydrogen-bond acceptors (Lipinski definition) is 7. The van der Waals surface area contributed by atoms with E-state index in [-0.39, 0.29) is 36.9 Å². The van der Waals surface area contributed by atoms with Gasteiger partial charge < -0.3 is 20.1 Å². The zero-order chi connectivity index (χ0) is 23.1. The van der Waals surface area contributed by atoms with Gasteiger partial charge in [0.1, 0.15) is 4.90 Å². The fourth-order valence-corrected chi connectivity index (χ4v) is 5.45. The second kappa shape index (κ2) is 12.3. The Morgan fingerprint density at radius 3 is 2.24 bits per heavy atom. The number of para-hydroxylation sites is 1. The molecule has 2 aromatic rings. The summed E-state index contributed by atoms with van der Waals surface area (Å²) in [6.45, 7) is 5.78. The quantitative estimate of drug-likeness (QED) is 0.586. The molecule has 2 aromatic carbocycles. The van der Waals surface area contributed by atoms with E-state index < -0.39 is 10.0 Å². The summed E-state index contributed by atoms with van der Waals surface area (Å²) in [6.07, 6.45) is 0. The summed E-state index contributed by atoms with van der Waals surface area (Å²) in [5.41, 5.74) is 1.42. The van der Waals surface area contributed by atoms with Crippen LogP contribution in [0.4, 0.5) is 11.4 Å². The highest BCUT2D eigenvalue weighted by atomic mass is 32.2. The minimum Gasteiger partial charge on any atom is -0.383 e. The lowest BCUT2D eigenvalue weighted by atomic mass is 10.2. The van der Waals surface area contributed by atoms with Crippen molar-refractivity contribution in [1.82, 2.24) is 9.21 Å². The van der Waals surface area contributed by atoms with E-state index in [1.54, 1.807) is 24.3 Å². The molecule has 4 rings (SSSR count). The molecule has 2 aliphatic heterocycles. The number of hydrogen-bond donors (Lipinski definition) is 2. The molecule has 186 valence electrons. The Labute approximate surface area is 202 Å². The minimum absolute atomic E-state index is 0. The van der Waals surface area contributed by atoms with Crippen LogP contribution in [-0.2, 0) is 19.5 Å². The highest BCUT2D eigenvalue weighted by Gasteiger charge is 2.29. The number of nitrogens with one attached hydrogen (secondary N) is 2. The van der Waals surface area contributed by atoms with Crippen LogP contribution in [0, 0.1) is 0 Å². The normalized spacial score (nSPS) is 17.5. The van der Waals surface area contributed by atoms with Crippen LogP contribution in [-0.4, -0.2) is 89.2 Å². The van der Waals surface area contributed by atoms with Gasteiger partial charge >= 0.3 is 0 Å². The molecule has 10 heteroatoms. The lowest BCUT2D eigenvalue weighted by Crippen LogP contribution is -2.41. The lowest BCUT2D eigenvalue weighted by molar-refractivity contribution is 0.0398. The predicted octanol–water partition coefficient (Wildman–Crippen LogP) is 2.34. The van der Waals surface area contributed by atoms with Crippen molar-refractivity contribution in [2.75, 3.05) is 76.3 Å². The van der Waals surface area contributed by atoms with E-state index in [2.05, 4.69) is 15.5 Å². The first-order valence-corrected chi connectivity index (χ1v) is 12.6. The van der Waals surface area contributed by atoms with Gasteiger partial charge in [-0.1, -0.05) is 25.6 Å². The fraction of sp³-hybridized carbons (Fsp3) is 0.458. The highest BCUT2D eigenvalue weighted by Crippen LogP contribution is 2.27. The molecule has 0 saturated carbocycles. The van der Waals surface area contributed by atoms with Crippen LogP contribution in [0.2, 0.25) is 0 Å². The van der Waals surface area contributed by atoms with E-state index in [4.69, 9.17) is 9.47 Å². The fourth-order valence-electron chi connectivity index (χ4n) is 3.85. The Morgan fingerprint density at radius 1 is 0.912 bits per heavy atom. The zero-order valence-corrected chi connectivity index (χ0v) is 19.4. The Hall–Kier alpha value is -2.50. The van der Waals surface area contributed by atoms with Gasteiger partial charge in [-0.15, -0.1) is 0 Å². The zero-order valence-electron chi connectivity index (χ0n) is 18.5. The van der Waals surface area contributed by atoms with Crippen molar-refractivity contribution in [2.24, 2.45) is 0 Å². The largest absolute Gasteiger partial charge is 0.383 e. The van der Waals surface area contributed by atoms with Gasteiger partial charge in [0.25, 0.3) is 5.91 Å². The molecule has 2 fully saturated rings. The number of rotatable bonds is 8. The number of amides is 1. The van der Waals surface area contributed by atoms with Gasteiger partial charge in [0.05, 0.1) is 32.1 Å². The molecule has 0 unspecified atom stereocenters. The van der Waals surface area contributed by atoms with Crippen molar-refractivity contribution < 1.29 is 22.7 Å². The third-order valence-electron chi connectivity index (χ3n) is 5.71. The van der Waals surface area contributed by atoms with E-state index in [1.165, 1.54) is 10.4 Å². The van der Waals surface area contributed by atoms with Crippen LogP contribution < -0.4 is 10.6 Å². The maximum atomic E-state index is 13.5. The minimum atomic E-state index is -3.80. The molecular formula is C24H34N4O5S. The van der Waals surface area contributed by atoms with Crippen molar-refractivity contribution in [3.8, 4) is 0 Å². The summed E-state index contributed by atoms with van der Waals surface area (Å²) >= 11 is 0. The Morgan fingerprint density at radius 2 is 1.56 bits per heavy atom. The standard InChI is InChI=1S/C23H30N4O5S.CH4/c28-23(25-20-4-2-1-3-5-20)19-6-7-21(24-8-9-26-10-14-31-15-11-26)22(18-19)33(29,30)27-12-16-32-17-13-27;/h1-7,18,24H,8-17H2,(H,25,28);1H4. The maximum absolute atomic E-state index is 13.5. The number of sulfonamides is 1. The van der Waals surface area contributed by atoms with Gasteiger partial charge in [-0.05, 0) is 30.3 Å². The van der Waals surface area contributed by atoms with Crippen molar-refractivity contribution in [2.45, 2.75) is 12.3 Å². The summed E-state index contributed by atoms with van der Waals surface area (Å²) in [5, 5.41) is 6.09. The Bertz CT molecular complexity index is 1040. The topological polar surface area (TPSA) is 100 Å². The van der Waals surface area contributed by atoms with Crippen LogP contribution in [0.15, 0.2) is 53.4 Å². The molecule has 0 radical (unpaired) electrons. The molecule has 9 nitrogen and oxygen atoms in total. The summed E-state index contributed by atoms with van der Waals surface area (Å²) in [5.74, 6) is -0.362. The number of morpholine rings is 2. The number of benzene rings is 2. The second-order valence-electron chi connectivity index (χ2n) is 7.93. The number of anilines is 2. The molecule has 2 aliphatic rings. The molecular weight excluding hydrogens is 456 g/mol. The van der Waals surface area contributed by atoms with Crippen molar-refractivity contribution in [3.63, 3.8) is 0 Å². The van der Waals surface area contributed by atoms with E-state index in [9.17, 15) is 13.2 Å². The molecule has 0 spiro atoms. The molecule has 0 aromatic heterocycles. The Balaban J connectivity index is 0.00000324. The number of ether oxygens (including phenoxy) is 2.